The number of likely N-dealkylation sites (N-methyl/N-ethyl adjacent to an activating group) is 1. The maximum Gasteiger partial charge on any atom is 0.264 e. The molecular weight excluding hydrogens is 526 g/mol. The van der Waals surface area contributed by atoms with Crippen LogP contribution in [0.1, 0.15) is 25.0 Å². The number of methoxy groups -OCH3 is 1. The van der Waals surface area contributed by atoms with E-state index in [1.807, 2.05) is 31.2 Å². The van der Waals surface area contributed by atoms with Crippen LogP contribution in [0.25, 0.3) is 0 Å². The fraction of sp³-hybridized carbons (Fsp3) is 0.286. The molecule has 202 valence electrons. The Hall–Kier alpha value is -3.56. The molecule has 3 rings (SSSR count). The highest BCUT2D eigenvalue weighted by Gasteiger charge is 2.32. The number of amides is 2. The fourth-order valence-electron chi connectivity index (χ4n) is 3.91. The molecule has 1 N–H and O–H groups in total. The molecule has 0 saturated heterocycles. The van der Waals surface area contributed by atoms with Gasteiger partial charge >= 0.3 is 0 Å². The van der Waals surface area contributed by atoms with Gasteiger partial charge in [0, 0.05) is 18.1 Å². The summed E-state index contributed by atoms with van der Waals surface area (Å²) in [7, 11) is -2.71. The van der Waals surface area contributed by atoms with Crippen molar-refractivity contribution in [2.75, 3.05) is 24.5 Å². The molecule has 3 aromatic rings. The van der Waals surface area contributed by atoms with E-state index < -0.39 is 28.5 Å². The first-order chi connectivity index (χ1) is 18.1. The lowest BCUT2D eigenvalue weighted by molar-refractivity contribution is -0.139. The highest BCUT2D eigenvalue weighted by molar-refractivity contribution is 7.92. The zero-order valence-electron chi connectivity index (χ0n) is 21.8. The van der Waals surface area contributed by atoms with Crippen LogP contribution in [0.5, 0.6) is 5.75 Å². The fourth-order valence-corrected chi connectivity index (χ4v) is 5.50. The Morgan fingerprint density at radius 2 is 1.71 bits per heavy atom. The van der Waals surface area contributed by atoms with Crippen molar-refractivity contribution in [1.29, 1.82) is 0 Å². The number of nitrogens with zero attached hydrogens (tertiary/aromatic N) is 2. The van der Waals surface area contributed by atoms with E-state index in [-0.39, 0.29) is 23.0 Å². The predicted molar refractivity (Wildman–Crippen MR) is 149 cm³/mol. The van der Waals surface area contributed by atoms with Crippen molar-refractivity contribution in [3.8, 4) is 5.75 Å². The van der Waals surface area contributed by atoms with Gasteiger partial charge in [0.25, 0.3) is 10.0 Å². The molecular formula is C28H32ClN3O5S. The molecule has 0 aromatic heterocycles. The number of rotatable bonds is 11. The van der Waals surface area contributed by atoms with Crippen molar-refractivity contribution >= 4 is 39.1 Å². The highest BCUT2D eigenvalue weighted by Crippen LogP contribution is 2.28. The van der Waals surface area contributed by atoms with Gasteiger partial charge in [0.1, 0.15) is 18.3 Å². The second-order valence-corrected chi connectivity index (χ2v) is 11.0. The standard InChI is InChI=1S/C28H32ClN3O5S/c1-5-30-28(34)21(3)31(18-22-10-7-6-9-20(22)2)27(33)19-32(24-12-8-11-23(29)17-24)38(35,36)26-15-13-25(37-4)14-16-26/h6-17,21H,5,18-19H2,1-4H3,(H,30,34)/t21-/m0/s1. The number of halogens is 1. The van der Waals surface area contributed by atoms with Crippen LogP contribution in [0.2, 0.25) is 5.02 Å². The molecule has 0 aliphatic rings. The van der Waals surface area contributed by atoms with E-state index in [9.17, 15) is 18.0 Å². The minimum absolute atomic E-state index is 0.0201. The quantitative estimate of drug-likeness (QED) is 0.377. The average Bonchev–Trinajstić information content (AvgIpc) is 2.90. The molecule has 2 amide bonds. The molecule has 8 nitrogen and oxygen atoms in total. The van der Waals surface area contributed by atoms with Gasteiger partial charge in [0.05, 0.1) is 17.7 Å². The van der Waals surface area contributed by atoms with E-state index in [1.54, 1.807) is 32.0 Å². The zero-order valence-corrected chi connectivity index (χ0v) is 23.4. The van der Waals surface area contributed by atoms with Gasteiger partial charge in [-0.15, -0.1) is 0 Å². The van der Waals surface area contributed by atoms with Crippen molar-refractivity contribution in [1.82, 2.24) is 10.2 Å². The van der Waals surface area contributed by atoms with Crippen molar-refractivity contribution in [2.45, 2.75) is 38.3 Å². The molecule has 0 aliphatic heterocycles. The highest BCUT2D eigenvalue weighted by atomic mass is 35.5. The maximum atomic E-state index is 13.8. The second kappa shape index (κ2) is 12.8. The van der Waals surface area contributed by atoms with Crippen LogP contribution < -0.4 is 14.4 Å². The normalized spacial score (nSPS) is 11.9. The van der Waals surface area contributed by atoms with Gasteiger partial charge in [-0.1, -0.05) is 41.9 Å². The molecule has 0 heterocycles. The number of benzene rings is 3. The second-order valence-electron chi connectivity index (χ2n) is 8.69. The van der Waals surface area contributed by atoms with Gasteiger partial charge < -0.3 is 15.0 Å². The number of hydrogen-bond acceptors (Lipinski definition) is 5. The first-order valence-electron chi connectivity index (χ1n) is 12.1. The molecule has 0 saturated carbocycles. The lowest BCUT2D eigenvalue weighted by atomic mass is 10.1. The molecule has 10 heteroatoms. The third-order valence-corrected chi connectivity index (χ3v) is 8.17. The monoisotopic (exact) mass is 557 g/mol. The van der Waals surface area contributed by atoms with Gasteiger partial charge in [-0.25, -0.2) is 8.42 Å². The third-order valence-electron chi connectivity index (χ3n) is 6.14. The molecule has 0 radical (unpaired) electrons. The summed E-state index contributed by atoms with van der Waals surface area (Å²) in [6.07, 6.45) is 0. The average molecular weight is 558 g/mol. The summed E-state index contributed by atoms with van der Waals surface area (Å²) in [4.78, 5) is 28.0. The largest absolute Gasteiger partial charge is 0.497 e. The number of carbonyl (C=O) groups excluding carboxylic acids is 2. The van der Waals surface area contributed by atoms with Crippen molar-refractivity contribution in [3.05, 3.63) is 88.9 Å². The summed E-state index contributed by atoms with van der Waals surface area (Å²) >= 11 is 6.19. The van der Waals surface area contributed by atoms with Crippen molar-refractivity contribution in [2.24, 2.45) is 0 Å². The lowest BCUT2D eigenvalue weighted by Crippen LogP contribution is -2.51. The number of ether oxygens (including phenoxy) is 1. The van der Waals surface area contributed by atoms with Gasteiger partial charge in [0.2, 0.25) is 11.8 Å². The van der Waals surface area contributed by atoms with Crippen LogP contribution in [0.15, 0.2) is 77.7 Å². The van der Waals surface area contributed by atoms with Crippen LogP contribution in [-0.4, -0.2) is 51.4 Å². The Bertz CT molecular complexity index is 1380. The van der Waals surface area contributed by atoms with E-state index in [0.717, 1.165) is 15.4 Å². The van der Waals surface area contributed by atoms with Gasteiger partial charge in [-0.3, -0.25) is 13.9 Å². The molecule has 0 spiro atoms. The van der Waals surface area contributed by atoms with Crippen LogP contribution in [-0.2, 0) is 26.2 Å². The third kappa shape index (κ3) is 6.85. The molecule has 0 unspecified atom stereocenters. The summed E-state index contributed by atoms with van der Waals surface area (Å²) in [5.74, 6) is -0.375. The Morgan fingerprint density at radius 1 is 1.03 bits per heavy atom. The molecule has 0 bridgehead atoms. The van der Waals surface area contributed by atoms with Crippen LogP contribution in [0, 0.1) is 6.92 Å². The van der Waals surface area contributed by atoms with Crippen LogP contribution in [0.4, 0.5) is 5.69 Å². The molecule has 3 aromatic carbocycles. The molecule has 1 atom stereocenters. The smallest absolute Gasteiger partial charge is 0.264 e. The van der Waals surface area contributed by atoms with E-state index in [4.69, 9.17) is 16.3 Å². The van der Waals surface area contributed by atoms with Crippen LogP contribution >= 0.6 is 11.6 Å². The summed E-state index contributed by atoms with van der Waals surface area (Å²) in [5.41, 5.74) is 2.03. The molecule has 38 heavy (non-hydrogen) atoms. The topological polar surface area (TPSA) is 96.0 Å². The number of nitrogens with one attached hydrogen (secondary N) is 1. The lowest BCUT2D eigenvalue weighted by Gasteiger charge is -2.32. The number of hydrogen-bond donors (Lipinski definition) is 1. The Kier molecular flexibility index (Phi) is 9.77. The predicted octanol–water partition coefficient (Wildman–Crippen LogP) is 4.41. The minimum Gasteiger partial charge on any atom is -0.497 e. The summed E-state index contributed by atoms with van der Waals surface area (Å²) in [6, 6.07) is 18.9. The van der Waals surface area contributed by atoms with Crippen LogP contribution in [0.3, 0.4) is 0 Å². The molecule has 0 fully saturated rings. The maximum absolute atomic E-state index is 13.8. The van der Waals surface area contributed by atoms with E-state index in [1.165, 1.54) is 42.3 Å². The van der Waals surface area contributed by atoms with Gasteiger partial charge in [-0.05, 0) is 74.4 Å². The van der Waals surface area contributed by atoms with Gasteiger partial charge in [-0.2, -0.15) is 0 Å². The summed E-state index contributed by atoms with van der Waals surface area (Å²) < 4.78 is 33.8. The first kappa shape index (κ1) is 29.0. The molecule has 0 aliphatic carbocycles. The number of anilines is 1. The van der Waals surface area contributed by atoms with E-state index in [0.29, 0.717) is 17.3 Å². The summed E-state index contributed by atoms with van der Waals surface area (Å²) in [5, 5.41) is 3.06. The summed E-state index contributed by atoms with van der Waals surface area (Å²) in [6.45, 7) is 5.33. The number of sulfonamides is 1. The minimum atomic E-state index is -4.19. The van der Waals surface area contributed by atoms with Crippen molar-refractivity contribution < 1.29 is 22.7 Å². The van der Waals surface area contributed by atoms with E-state index >= 15 is 0 Å². The zero-order chi connectivity index (χ0) is 27.9. The number of aryl methyl sites for hydroxylation is 1. The Balaban J connectivity index is 2.04. The Labute approximate surface area is 229 Å². The Morgan fingerprint density at radius 3 is 2.32 bits per heavy atom. The SMILES string of the molecule is CCNC(=O)[C@H](C)N(Cc1ccccc1C)C(=O)CN(c1cccc(Cl)c1)S(=O)(=O)c1ccc(OC)cc1. The first-order valence-corrected chi connectivity index (χ1v) is 13.9. The van der Waals surface area contributed by atoms with Crippen molar-refractivity contribution in [3.63, 3.8) is 0 Å². The van der Waals surface area contributed by atoms with Gasteiger partial charge in [0.15, 0.2) is 0 Å². The van der Waals surface area contributed by atoms with E-state index in [2.05, 4.69) is 5.32 Å². The number of carbonyl (C=O) groups is 2.